The Balaban J connectivity index is 1.49. The lowest BCUT2D eigenvalue weighted by Crippen LogP contribution is -2.27. The van der Waals surface area contributed by atoms with Gasteiger partial charge >= 0.3 is 12.6 Å². The number of anilines is 2. The number of rotatable bonds is 8. The smallest absolute Gasteiger partial charge is 0.387 e. The van der Waals surface area contributed by atoms with Gasteiger partial charge in [0, 0.05) is 29.7 Å². The summed E-state index contributed by atoms with van der Waals surface area (Å²) in [7, 11) is 1.53. The molecule has 4 rings (SSSR count). The lowest BCUT2D eigenvalue weighted by atomic mass is 10.0. The number of halogens is 2. The normalized spacial score (nSPS) is 13.2. The van der Waals surface area contributed by atoms with Gasteiger partial charge < -0.3 is 20.1 Å². The summed E-state index contributed by atoms with van der Waals surface area (Å²) in [5, 5.41) is 7.71. The van der Waals surface area contributed by atoms with E-state index in [-0.39, 0.29) is 24.1 Å². The molecule has 0 spiro atoms. The van der Waals surface area contributed by atoms with E-state index in [2.05, 4.69) is 20.4 Å². The second-order valence-electron chi connectivity index (χ2n) is 7.05. The molecule has 8 nitrogen and oxygen atoms in total. The predicted octanol–water partition coefficient (Wildman–Crippen LogP) is 4.13. The van der Waals surface area contributed by atoms with Crippen LogP contribution in [0.15, 0.2) is 47.8 Å². The molecule has 2 N–H and O–H groups in total. The van der Waals surface area contributed by atoms with E-state index in [9.17, 15) is 18.4 Å². The van der Waals surface area contributed by atoms with Crippen molar-refractivity contribution in [1.29, 1.82) is 0 Å². The van der Waals surface area contributed by atoms with Crippen molar-refractivity contribution in [2.45, 2.75) is 13.0 Å². The maximum absolute atomic E-state index is 12.9. The molecule has 0 bridgehead atoms. The van der Waals surface area contributed by atoms with E-state index in [4.69, 9.17) is 4.74 Å². The van der Waals surface area contributed by atoms with Crippen molar-refractivity contribution in [3.05, 3.63) is 53.5 Å². The van der Waals surface area contributed by atoms with Crippen LogP contribution >= 0.6 is 11.3 Å². The van der Waals surface area contributed by atoms with Crippen molar-refractivity contribution in [3.8, 4) is 22.6 Å². The first-order valence-corrected chi connectivity index (χ1v) is 10.8. The minimum Gasteiger partial charge on any atom is -0.497 e. The van der Waals surface area contributed by atoms with Crippen LogP contribution in [0.2, 0.25) is 0 Å². The van der Waals surface area contributed by atoms with Gasteiger partial charge in [0.2, 0.25) is 5.91 Å². The Hall–Kier alpha value is -3.73. The minimum absolute atomic E-state index is 0.000879. The number of benzene rings is 2. The second-order valence-corrected chi connectivity index (χ2v) is 7.88. The molecular weight excluding hydrogens is 454 g/mol. The fourth-order valence-electron chi connectivity index (χ4n) is 3.33. The van der Waals surface area contributed by atoms with Crippen LogP contribution in [0.3, 0.4) is 0 Å². The molecule has 2 heterocycles. The van der Waals surface area contributed by atoms with Gasteiger partial charge in [0.05, 0.1) is 19.2 Å². The topological polar surface area (TPSA) is 92.8 Å². The molecule has 1 aliphatic heterocycles. The standard InChI is InChI=1S/C22H20F2N4O4S/c1-31-16-5-2-13(3-6-16)17-10-14(4-7-18(17)32-20(23)24)26-19(29)11-15-12-33-22(27-15)28-9-8-25-21(28)30/h2-7,10,12,20H,8-9,11H2,1H3,(H,25,30)(H,26,29). The van der Waals surface area contributed by atoms with Gasteiger partial charge in [0.15, 0.2) is 5.13 Å². The number of amides is 3. The Morgan fingerprint density at radius 3 is 2.73 bits per heavy atom. The number of aromatic nitrogens is 1. The van der Waals surface area contributed by atoms with Crippen LogP contribution < -0.4 is 25.0 Å². The molecule has 1 aromatic heterocycles. The zero-order chi connectivity index (χ0) is 23.4. The van der Waals surface area contributed by atoms with Crippen molar-refractivity contribution >= 4 is 34.1 Å². The van der Waals surface area contributed by atoms with E-state index in [1.54, 1.807) is 35.7 Å². The average molecular weight is 474 g/mol. The molecule has 172 valence electrons. The maximum atomic E-state index is 12.9. The van der Waals surface area contributed by atoms with Crippen LogP contribution in [0.25, 0.3) is 11.1 Å². The van der Waals surface area contributed by atoms with Gasteiger partial charge in [-0.05, 0) is 35.9 Å². The van der Waals surface area contributed by atoms with Crippen LogP contribution in [0, 0.1) is 0 Å². The fraction of sp³-hybridized carbons (Fsp3) is 0.227. The number of carbonyl (C=O) groups excluding carboxylic acids is 2. The molecule has 2 aromatic carbocycles. The summed E-state index contributed by atoms with van der Waals surface area (Å²) >= 11 is 1.29. The Kier molecular flexibility index (Phi) is 6.68. The molecule has 0 saturated carbocycles. The van der Waals surface area contributed by atoms with Crippen LogP contribution in [0.4, 0.5) is 24.4 Å². The summed E-state index contributed by atoms with van der Waals surface area (Å²) in [6.07, 6.45) is -0.000879. The SMILES string of the molecule is COc1ccc(-c2cc(NC(=O)Cc3csc(N4CCNC4=O)n3)ccc2OC(F)F)cc1. The van der Waals surface area contributed by atoms with Crippen molar-refractivity contribution < 1.29 is 27.8 Å². The first-order chi connectivity index (χ1) is 15.9. The predicted molar refractivity (Wildman–Crippen MR) is 120 cm³/mol. The molecule has 3 aromatic rings. The molecule has 1 saturated heterocycles. The van der Waals surface area contributed by atoms with E-state index in [0.717, 1.165) is 0 Å². The highest BCUT2D eigenvalue weighted by Gasteiger charge is 2.24. The highest BCUT2D eigenvalue weighted by Crippen LogP contribution is 2.34. The summed E-state index contributed by atoms with van der Waals surface area (Å²) in [6.45, 7) is -1.91. The second kappa shape index (κ2) is 9.82. The van der Waals surface area contributed by atoms with Gasteiger partial charge in [-0.25, -0.2) is 9.78 Å². The number of ether oxygens (including phenoxy) is 2. The number of carbonyl (C=O) groups is 2. The van der Waals surface area contributed by atoms with Gasteiger partial charge in [0.25, 0.3) is 0 Å². The quantitative estimate of drug-likeness (QED) is 0.512. The number of thiazole rings is 1. The van der Waals surface area contributed by atoms with E-state index < -0.39 is 6.61 Å². The third-order valence-electron chi connectivity index (χ3n) is 4.85. The molecule has 0 atom stereocenters. The van der Waals surface area contributed by atoms with Gasteiger partial charge in [-0.15, -0.1) is 11.3 Å². The largest absolute Gasteiger partial charge is 0.497 e. The van der Waals surface area contributed by atoms with Crippen LogP contribution in [-0.2, 0) is 11.2 Å². The van der Waals surface area contributed by atoms with Gasteiger partial charge in [-0.3, -0.25) is 9.69 Å². The monoisotopic (exact) mass is 474 g/mol. The number of nitrogens with zero attached hydrogens (tertiary/aromatic N) is 2. The molecule has 1 fully saturated rings. The van der Waals surface area contributed by atoms with Gasteiger partial charge in [-0.1, -0.05) is 12.1 Å². The summed E-state index contributed by atoms with van der Waals surface area (Å²) in [6, 6.07) is 11.1. The number of alkyl halides is 2. The maximum Gasteiger partial charge on any atom is 0.387 e. The third kappa shape index (κ3) is 5.37. The first-order valence-electron chi connectivity index (χ1n) is 9.96. The van der Waals surface area contributed by atoms with Crippen LogP contribution in [0.5, 0.6) is 11.5 Å². The Bertz CT molecular complexity index is 1150. The first kappa shape index (κ1) is 22.5. The van der Waals surface area contributed by atoms with Crippen molar-refractivity contribution in [1.82, 2.24) is 10.3 Å². The summed E-state index contributed by atoms with van der Waals surface area (Å²) in [5.74, 6) is 0.274. The van der Waals surface area contributed by atoms with Gasteiger partial charge in [0.1, 0.15) is 11.5 Å². The van der Waals surface area contributed by atoms with E-state index in [0.29, 0.717) is 46.5 Å². The molecule has 0 unspecified atom stereocenters. The molecule has 11 heteroatoms. The molecule has 3 amide bonds. The number of urea groups is 1. The average Bonchev–Trinajstić information content (AvgIpc) is 3.43. The van der Waals surface area contributed by atoms with E-state index in [1.807, 2.05) is 0 Å². The van der Waals surface area contributed by atoms with Crippen LogP contribution in [-0.4, -0.2) is 43.7 Å². The van der Waals surface area contributed by atoms with Crippen molar-refractivity contribution in [3.63, 3.8) is 0 Å². The third-order valence-corrected chi connectivity index (χ3v) is 5.76. The number of methoxy groups -OCH3 is 1. The summed E-state index contributed by atoms with van der Waals surface area (Å²) in [4.78, 5) is 30.2. The Labute approximate surface area is 192 Å². The lowest BCUT2D eigenvalue weighted by Gasteiger charge is -2.14. The van der Waals surface area contributed by atoms with Crippen LogP contribution in [0.1, 0.15) is 5.69 Å². The Morgan fingerprint density at radius 2 is 2.06 bits per heavy atom. The fourth-order valence-corrected chi connectivity index (χ4v) is 4.18. The van der Waals surface area contributed by atoms with E-state index in [1.165, 1.54) is 35.5 Å². The van der Waals surface area contributed by atoms with Crippen molar-refractivity contribution in [2.75, 3.05) is 30.4 Å². The minimum atomic E-state index is -2.99. The van der Waals surface area contributed by atoms with Gasteiger partial charge in [-0.2, -0.15) is 8.78 Å². The van der Waals surface area contributed by atoms with Crippen molar-refractivity contribution in [2.24, 2.45) is 0 Å². The molecular formula is C22H20F2N4O4S. The zero-order valence-electron chi connectivity index (χ0n) is 17.5. The highest BCUT2D eigenvalue weighted by molar-refractivity contribution is 7.14. The summed E-state index contributed by atoms with van der Waals surface area (Å²) in [5.41, 5.74) is 1.96. The summed E-state index contributed by atoms with van der Waals surface area (Å²) < 4.78 is 35.5. The number of hydrogen-bond donors (Lipinski definition) is 2. The lowest BCUT2D eigenvalue weighted by molar-refractivity contribution is -0.115. The van der Waals surface area contributed by atoms with E-state index >= 15 is 0 Å². The number of nitrogens with one attached hydrogen (secondary N) is 2. The molecule has 33 heavy (non-hydrogen) atoms. The Morgan fingerprint density at radius 1 is 1.27 bits per heavy atom. The highest BCUT2D eigenvalue weighted by atomic mass is 32.1. The number of hydrogen-bond acceptors (Lipinski definition) is 6. The molecule has 0 radical (unpaired) electrons. The molecule has 0 aliphatic carbocycles. The zero-order valence-corrected chi connectivity index (χ0v) is 18.3. The molecule has 1 aliphatic rings.